The minimum Gasteiger partial charge on any atom is -0.309 e. The van der Waals surface area contributed by atoms with Gasteiger partial charge in [0, 0.05) is 43.5 Å². The molecule has 44 heavy (non-hydrogen) atoms. The lowest BCUT2D eigenvalue weighted by Crippen LogP contribution is -1.95. The molecule has 0 aliphatic rings. The van der Waals surface area contributed by atoms with Crippen LogP contribution in [0.15, 0.2) is 138 Å². The van der Waals surface area contributed by atoms with Gasteiger partial charge in [-0.15, -0.1) is 34.0 Å². The van der Waals surface area contributed by atoms with E-state index in [0.29, 0.717) is 0 Å². The van der Waals surface area contributed by atoms with Gasteiger partial charge in [0.15, 0.2) is 0 Å². The van der Waals surface area contributed by atoms with Gasteiger partial charge in [0.25, 0.3) is 0 Å². The molecule has 0 saturated heterocycles. The van der Waals surface area contributed by atoms with Crippen LogP contribution in [-0.4, -0.2) is 14.5 Å². The smallest absolute Gasteiger partial charge is 0.124 e. The fraction of sp³-hybridized carbons (Fsp3) is 0. The Hall–Kier alpha value is -4.88. The molecule has 0 N–H and O–H groups in total. The van der Waals surface area contributed by atoms with Crippen molar-refractivity contribution in [3.63, 3.8) is 0 Å². The molecule has 0 radical (unpaired) electrons. The van der Waals surface area contributed by atoms with Gasteiger partial charge >= 0.3 is 0 Å². The average Bonchev–Trinajstić information content (AvgIpc) is 3.90. The molecule has 3 nitrogen and oxygen atoms in total. The summed E-state index contributed by atoms with van der Waals surface area (Å²) in [5.74, 6) is 0. The fourth-order valence-electron chi connectivity index (χ4n) is 6.01. The summed E-state index contributed by atoms with van der Waals surface area (Å²) in [6, 6.07) is 43.6. The Morgan fingerprint density at radius 2 is 1.36 bits per heavy atom. The molecule has 0 aliphatic heterocycles. The first-order valence-corrected chi connectivity index (χ1v) is 16.9. The Bertz CT molecular complexity index is 2430. The van der Waals surface area contributed by atoms with Crippen molar-refractivity contribution < 1.29 is 0 Å². The van der Waals surface area contributed by atoms with Crippen LogP contribution >= 0.6 is 34.0 Å². The summed E-state index contributed by atoms with van der Waals surface area (Å²) in [5, 5.41) is 7.76. The summed E-state index contributed by atoms with van der Waals surface area (Å²) in [7, 11) is 0. The molecule has 0 spiro atoms. The summed E-state index contributed by atoms with van der Waals surface area (Å²) in [6.07, 6.45) is 1.85. The van der Waals surface area contributed by atoms with Gasteiger partial charge in [0.05, 0.1) is 26.9 Å². The number of hydrogen-bond donors (Lipinski definition) is 0. The number of benzene rings is 4. The molecular formula is C38H23N3S3. The van der Waals surface area contributed by atoms with E-state index in [1.165, 1.54) is 41.9 Å². The Kier molecular flexibility index (Phi) is 6.04. The number of hydrogen-bond acceptors (Lipinski definition) is 5. The topological polar surface area (TPSA) is 30.7 Å². The maximum absolute atomic E-state index is 5.13. The normalized spacial score (nSPS) is 11.6. The minimum absolute atomic E-state index is 0.965. The molecule has 0 fully saturated rings. The summed E-state index contributed by atoms with van der Waals surface area (Å²) >= 11 is 5.28. The van der Waals surface area contributed by atoms with Crippen LogP contribution in [0, 0.1) is 0 Å². The third kappa shape index (κ3) is 4.30. The predicted molar refractivity (Wildman–Crippen MR) is 189 cm³/mol. The van der Waals surface area contributed by atoms with Crippen molar-refractivity contribution in [1.29, 1.82) is 0 Å². The van der Waals surface area contributed by atoms with Crippen molar-refractivity contribution in [3.05, 3.63) is 138 Å². The molecule has 4 aromatic carbocycles. The van der Waals surface area contributed by atoms with Crippen LogP contribution in [0.3, 0.4) is 0 Å². The van der Waals surface area contributed by atoms with E-state index in [-0.39, 0.29) is 0 Å². The van der Waals surface area contributed by atoms with E-state index in [4.69, 9.17) is 4.98 Å². The van der Waals surface area contributed by atoms with E-state index in [0.717, 1.165) is 38.5 Å². The molecule has 9 aromatic rings. The van der Waals surface area contributed by atoms with Gasteiger partial charge < -0.3 is 4.57 Å². The third-order valence-electron chi connectivity index (χ3n) is 8.08. The number of rotatable bonds is 5. The number of pyridine rings is 1. The molecule has 0 saturated carbocycles. The van der Waals surface area contributed by atoms with E-state index >= 15 is 0 Å². The first-order valence-electron chi connectivity index (χ1n) is 14.4. The number of nitrogens with zero attached hydrogens (tertiary/aromatic N) is 3. The highest BCUT2D eigenvalue weighted by Gasteiger charge is 2.17. The largest absolute Gasteiger partial charge is 0.309 e. The van der Waals surface area contributed by atoms with Gasteiger partial charge in [0.2, 0.25) is 0 Å². The maximum Gasteiger partial charge on any atom is 0.124 e. The molecule has 9 rings (SSSR count). The van der Waals surface area contributed by atoms with Crippen LogP contribution < -0.4 is 0 Å². The van der Waals surface area contributed by atoms with Crippen molar-refractivity contribution in [2.75, 3.05) is 0 Å². The molecule has 0 atom stereocenters. The molecule has 6 heteroatoms. The maximum atomic E-state index is 5.13. The molecule has 0 aliphatic carbocycles. The Balaban J connectivity index is 1.25. The summed E-state index contributed by atoms with van der Waals surface area (Å²) in [5.41, 5.74) is 10.1. The molecule has 5 heterocycles. The second-order valence-corrected chi connectivity index (χ2v) is 13.6. The van der Waals surface area contributed by atoms with Crippen molar-refractivity contribution >= 4 is 66.0 Å². The van der Waals surface area contributed by atoms with E-state index in [1.807, 2.05) is 18.3 Å². The van der Waals surface area contributed by atoms with Crippen molar-refractivity contribution in [2.24, 2.45) is 0 Å². The third-order valence-corrected chi connectivity index (χ3v) is 11.0. The lowest BCUT2D eigenvalue weighted by atomic mass is 10.1. The number of thiophene rings is 2. The zero-order chi connectivity index (χ0) is 29.0. The Morgan fingerprint density at radius 3 is 2.16 bits per heavy atom. The lowest BCUT2D eigenvalue weighted by Gasteiger charge is -2.11. The molecule has 0 bridgehead atoms. The molecule has 0 amide bonds. The van der Waals surface area contributed by atoms with Crippen LogP contribution in [0.4, 0.5) is 0 Å². The van der Waals surface area contributed by atoms with Crippen molar-refractivity contribution in [1.82, 2.24) is 14.5 Å². The van der Waals surface area contributed by atoms with Crippen LogP contribution in [0.2, 0.25) is 0 Å². The number of aromatic nitrogens is 3. The summed E-state index contributed by atoms with van der Waals surface area (Å²) in [6.45, 7) is 0. The van der Waals surface area contributed by atoms with Gasteiger partial charge in [-0.05, 0) is 88.6 Å². The van der Waals surface area contributed by atoms with Crippen LogP contribution in [0.25, 0.3) is 80.4 Å². The molecular weight excluding hydrogens is 595 g/mol. The second kappa shape index (κ2) is 10.4. The van der Waals surface area contributed by atoms with E-state index in [9.17, 15) is 0 Å². The average molecular weight is 618 g/mol. The van der Waals surface area contributed by atoms with E-state index in [1.54, 1.807) is 34.0 Å². The zero-order valence-corrected chi connectivity index (χ0v) is 25.8. The standard InChI is InChI=1S/C38H23N3S3/c1-2-17-39-31(8-1)24-6-3-7-28(20-24)41-33-15-12-25(35-9-4-18-42-35)21-30(33)29-14-11-27(23-34(29)41)38-40-32-22-26(13-16-37(32)44-38)36-10-5-19-43-36/h1-23H. The van der Waals surface area contributed by atoms with Crippen LogP contribution in [-0.2, 0) is 0 Å². The Labute approximate surface area is 266 Å². The van der Waals surface area contributed by atoms with Crippen LogP contribution in [0.5, 0.6) is 0 Å². The molecule has 5 aromatic heterocycles. The molecule has 0 unspecified atom stereocenters. The number of fused-ring (bicyclic) bond motifs is 4. The van der Waals surface area contributed by atoms with E-state index in [2.05, 4.69) is 130 Å². The monoisotopic (exact) mass is 617 g/mol. The number of thiazole rings is 1. The van der Waals surface area contributed by atoms with Crippen molar-refractivity contribution in [2.45, 2.75) is 0 Å². The highest BCUT2D eigenvalue weighted by atomic mass is 32.1. The second-order valence-electron chi connectivity index (χ2n) is 10.7. The SMILES string of the molecule is c1ccc(-c2cccc(-n3c4ccc(-c5cccs5)cc4c4ccc(-c5nc6cc(-c7cccs7)ccc6s5)cc43)c2)nc1. The van der Waals surface area contributed by atoms with Gasteiger partial charge in [-0.2, -0.15) is 0 Å². The predicted octanol–water partition coefficient (Wildman–Crippen LogP) is 11.6. The van der Waals surface area contributed by atoms with Gasteiger partial charge in [-0.3, -0.25) is 4.98 Å². The first-order chi connectivity index (χ1) is 21.8. The van der Waals surface area contributed by atoms with E-state index < -0.39 is 0 Å². The molecule has 208 valence electrons. The highest BCUT2D eigenvalue weighted by molar-refractivity contribution is 7.21. The zero-order valence-electron chi connectivity index (χ0n) is 23.3. The van der Waals surface area contributed by atoms with Crippen LogP contribution in [0.1, 0.15) is 0 Å². The van der Waals surface area contributed by atoms with Crippen molar-refractivity contribution in [3.8, 4) is 48.4 Å². The quantitative estimate of drug-likeness (QED) is 0.192. The fourth-order valence-corrected chi connectivity index (χ4v) is 8.40. The first kappa shape index (κ1) is 25.6. The Morgan fingerprint density at radius 1 is 0.545 bits per heavy atom. The highest BCUT2D eigenvalue weighted by Crippen LogP contribution is 2.40. The lowest BCUT2D eigenvalue weighted by molar-refractivity contribution is 1.18. The summed E-state index contributed by atoms with van der Waals surface area (Å²) in [4.78, 5) is 12.3. The van der Waals surface area contributed by atoms with Gasteiger partial charge in [-0.25, -0.2) is 4.98 Å². The van der Waals surface area contributed by atoms with Gasteiger partial charge in [-0.1, -0.05) is 54.6 Å². The minimum atomic E-state index is 0.965. The summed E-state index contributed by atoms with van der Waals surface area (Å²) < 4.78 is 3.59. The van der Waals surface area contributed by atoms with Gasteiger partial charge in [0.1, 0.15) is 5.01 Å².